The molecule has 0 saturated heterocycles. The van der Waals surface area contributed by atoms with Crippen LogP contribution < -0.4 is 16.0 Å². The smallest absolute Gasteiger partial charge is 0.347 e. The number of guanidine groups is 1. The highest BCUT2D eigenvalue weighted by Crippen LogP contribution is 2.29. The van der Waals surface area contributed by atoms with E-state index in [2.05, 4.69) is 20.9 Å². The Morgan fingerprint density at radius 3 is 2.73 bits per heavy atom. The number of benzene rings is 1. The van der Waals surface area contributed by atoms with Crippen molar-refractivity contribution >= 4 is 17.8 Å². The Hall–Kier alpha value is -2.84. The van der Waals surface area contributed by atoms with Crippen LogP contribution in [0.5, 0.6) is 0 Å². The second-order valence-electron chi connectivity index (χ2n) is 6.08. The molecule has 1 aromatic rings. The molecule has 0 aromatic heterocycles. The normalized spacial score (nSPS) is 16.9. The molecule has 2 aliphatic rings. The van der Waals surface area contributed by atoms with Crippen molar-refractivity contribution in [1.82, 2.24) is 16.0 Å². The van der Waals surface area contributed by atoms with Gasteiger partial charge < -0.3 is 10.6 Å². The van der Waals surface area contributed by atoms with E-state index < -0.39 is 17.6 Å². The van der Waals surface area contributed by atoms with Crippen LogP contribution in [0.2, 0.25) is 0 Å². The third-order valence-electron chi connectivity index (χ3n) is 3.94. The molecule has 3 N–H and O–H groups in total. The summed E-state index contributed by atoms with van der Waals surface area (Å²) < 4.78 is 38.1. The van der Waals surface area contributed by atoms with E-state index in [0.29, 0.717) is 5.56 Å². The summed E-state index contributed by atoms with van der Waals surface area (Å²) in [7, 11) is 0. The van der Waals surface area contributed by atoms with Crippen LogP contribution in [0.25, 0.3) is 0 Å². The van der Waals surface area contributed by atoms with E-state index >= 15 is 0 Å². The molecule has 1 saturated carbocycles. The number of amides is 2. The number of aliphatic imine (C=N–C) groups is 1. The lowest BCUT2D eigenvalue weighted by Crippen LogP contribution is -2.46. The summed E-state index contributed by atoms with van der Waals surface area (Å²) >= 11 is 0. The van der Waals surface area contributed by atoms with Crippen LogP contribution >= 0.6 is 0 Å². The molecule has 3 rings (SSSR count). The third-order valence-corrected chi connectivity index (χ3v) is 3.94. The van der Waals surface area contributed by atoms with E-state index in [-0.39, 0.29) is 36.6 Å². The van der Waals surface area contributed by atoms with Gasteiger partial charge >= 0.3 is 6.18 Å². The molecule has 0 spiro atoms. The maximum absolute atomic E-state index is 12.7. The molecule has 0 atom stereocenters. The molecule has 138 valence electrons. The molecule has 1 aliphatic heterocycles. The van der Waals surface area contributed by atoms with E-state index in [1.54, 1.807) is 0 Å². The van der Waals surface area contributed by atoms with Crippen molar-refractivity contribution in [3.63, 3.8) is 0 Å². The molecule has 0 unspecified atom stereocenters. The topological polar surface area (TPSA) is 82.6 Å². The lowest BCUT2D eigenvalue weighted by atomic mass is 10.1. The van der Waals surface area contributed by atoms with Crippen molar-refractivity contribution in [1.29, 1.82) is 0 Å². The van der Waals surface area contributed by atoms with Crippen molar-refractivity contribution in [3.05, 3.63) is 47.2 Å². The standard InChI is InChI=1S/C17H17F3N4O2/c18-17(19,20)12-3-1-2-10(8-12)9-22-15(26)13-6-7-21-16(23-13)24-14(25)11-4-5-11/h1-3,6,8,11H,4-5,7,9H2,(H,22,26)(H2,21,23,24,25). The first-order valence-electron chi connectivity index (χ1n) is 8.10. The van der Waals surface area contributed by atoms with Crippen LogP contribution in [0.1, 0.15) is 24.0 Å². The summed E-state index contributed by atoms with van der Waals surface area (Å²) in [5.41, 5.74) is -0.241. The molecule has 2 amide bonds. The summed E-state index contributed by atoms with van der Waals surface area (Å²) in [6, 6.07) is 4.76. The Labute approximate surface area is 147 Å². The zero-order chi connectivity index (χ0) is 18.7. The monoisotopic (exact) mass is 366 g/mol. The summed E-state index contributed by atoms with van der Waals surface area (Å²) in [6.45, 7) is 0.169. The highest BCUT2D eigenvalue weighted by molar-refractivity contribution is 6.04. The SMILES string of the molecule is O=C(NCc1cccc(C(F)(F)F)c1)C1=CCN=C(NC(=O)C2CC2)N1. The van der Waals surface area contributed by atoms with Crippen molar-refractivity contribution < 1.29 is 22.8 Å². The molecule has 0 bridgehead atoms. The van der Waals surface area contributed by atoms with E-state index in [9.17, 15) is 22.8 Å². The van der Waals surface area contributed by atoms with Gasteiger partial charge in [0.2, 0.25) is 11.9 Å². The number of carbonyl (C=O) groups excluding carboxylic acids is 2. The van der Waals surface area contributed by atoms with Gasteiger partial charge in [-0.15, -0.1) is 0 Å². The Kier molecular flexibility index (Phi) is 4.97. The van der Waals surface area contributed by atoms with Crippen LogP contribution in [0, 0.1) is 5.92 Å². The zero-order valence-corrected chi connectivity index (χ0v) is 13.7. The van der Waals surface area contributed by atoms with Gasteiger partial charge in [0, 0.05) is 12.5 Å². The number of hydrogen-bond acceptors (Lipinski definition) is 4. The fourth-order valence-electron chi connectivity index (χ4n) is 2.37. The van der Waals surface area contributed by atoms with Crippen molar-refractivity contribution in [3.8, 4) is 0 Å². The van der Waals surface area contributed by atoms with E-state index in [1.807, 2.05) is 0 Å². The highest BCUT2D eigenvalue weighted by atomic mass is 19.4. The van der Waals surface area contributed by atoms with Gasteiger partial charge in [0.25, 0.3) is 5.91 Å². The van der Waals surface area contributed by atoms with E-state index in [0.717, 1.165) is 25.0 Å². The van der Waals surface area contributed by atoms with Crippen molar-refractivity contribution in [2.75, 3.05) is 6.54 Å². The van der Waals surface area contributed by atoms with Crippen LogP contribution in [0.3, 0.4) is 0 Å². The Morgan fingerprint density at radius 1 is 1.27 bits per heavy atom. The molecule has 0 radical (unpaired) electrons. The summed E-state index contributed by atoms with van der Waals surface area (Å²) in [5, 5.41) is 7.89. The molecule has 1 fully saturated rings. The van der Waals surface area contributed by atoms with Crippen LogP contribution in [-0.2, 0) is 22.3 Å². The molecule has 1 aliphatic carbocycles. The first kappa shape index (κ1) is 18.0. The Morgan fingerprint density at radius 2 is 2.04 bits per heavy atom. The molecular weight excluding hydrogens is 349 g/mol. The number of carbonyl (C=O) groups is 2. The quantitative estimate of drug-likeness (QED) is 0.758. The molecule has 1 heterocycles. The summed E-state index contributed by atoms with van der Waals surface area (Å²) in [4.78, 5) is 28.0. The van der Waals surface area contributed by atoms with Crippen LogP contribution in [0.4, 0.5) is 13.2 Å². The predicted molar refractivity (Wildman–Crippen MR) is 87.7 cm³/mol. The number of alkyl halides is 3. The van der Waals surface area contributed by atoms with E-state index in [1.165, 1.54) is 18.2 Å². The minimum Gasteiger partial charge on any atom is -0.347 e. The third kappa shape index (κ3) is 4.62. The first-order chi connectivity index (χ1) is 12.3. The fraction of sp³-hybridized carbons (Fsp3) is 0.353. The largest absolute Gasteiger partial charge is 0.416 e. The Bertz CT molecular complexity index is 782. The summed E-state index contributed by atoms with van der Waals surface area (Å²) in [6.07, 6.45) is -1.20. The Balaban J connectivity index is 1.53. The fourth-order valence-corrected chi connectivity index (χ4v) is 2.37. The average molecular weight is 366 g/mol. The molecular formula is C17H17F3N4O2. The minimum atomic E-state index is -4.43. The van der Waals surface area contributed by atoms with Crippen LogP contribution in [-0.4, -0.2) is 24.3 Å². The number of hydrogen-bond donors (Lipinski definition) is 3. The molecule has 1 aromatic carbocycles. The minimum absolute atomic E-state index is 0.00333. The van der Waals surface area contributed by atoms with Gasteiger partial charge in [0.05, 0.1) is 12.1 Å². The lowest BCUT2D eigenvalue weighted by molar-refractivity contribution is -0.137. The van der Waals surface area contributed by atoms with Gasteiger partial charge in [-0.25, -0.2) is 4.99 Å². The number of rotatable bonds is 4. The van der Waals surface area contributed by atoms with Gasteiger partial charge in [-0.1, -0.05) is 12.1 Å². The van der Waals surface area contributed by atoms with Gasteiger partial charge in [-0.3, -0.25) is 14.9 Å². The molecule has 6 nitrogen and oxygen atoms in total. The molecule has 26 heavy (non-hydrogen) atoms. The first-order valence-corrected chi connectivity index (χ1v) is 8.10. The van der Waals surface area contributed by atoms with Gasteiger partial charge in [0.15, 0.2) is 0 Å². The molecule has 9 heteroatoms. The highest BCUT2D eigenvalue weighted by Gasteiger charge is 2.31. The number of halogens is 3. The average Bonchev–Trinajstić information content (AvgIpc) is 3.44. The van der Waals surface area contributed by atoms with Crippen molar-refractivity contribution in [2.24, 2.45) is 10.9 Å². The van der Waals surface area contributed by atoms with E-state index in [4.69, 9.17) is 0 Å². The number of nitrogens with one attached hydrogen (secondary N) is 3. The lowest BCUT2D eigenvalue weighted by Gasteiger charge is -2.17. The second kappa shape index (κ2) is 7.19. The number of nitrogens with zero attached hydrogens (tertiary/aromatic N) is 1. The van der Waals surface area contributed by atoms with Crippen molar-refractivity contribution in [2.45, 2.75) is 25.6 Å². The van der Waals surface area contributed by atoms with Crippen LogP contribution in [0.15, 0.2) is 41.0 Å². The van der Waals surface area contributed by atoms with Gasteiger partial charge in [-0.2, -0.15) is 13.2 Å². The van der Waals surface area contributed by atoms with Gasteiger partial charge in [-0.05, 0) is 36.6 Å². The summed E-state index contributed by atoms with van der Waals surface area (Å²) in [5.74, 6) is -0.422. The van der Waals surface area contributed by atoms with Gasteiger partial charge in [0.1, 0.15) is 5.70 Å². The predicted octanol–water partition coefficient (Wildman–Crippen LogP) is 1.69. The maximum Gasteiger partial charge on any atom is 0.416 e. The second-order valence-corrected chi connectivity index (χ2v) is 6.08. The zero-order valence-electron chi connectivity index (χ0n) is 13.7. The maximum atomic E-state index is 12.7.